The predicted octanol–water partition coefficient (Wildman–Crippen LogP) is 2.64. The van der Waals surface area contributed by atoms with Crippen LogP contribution in [-0.2, 0) is 7.05 Å². The molecule has 5 heteroatoms. The molecule has 2 aromatic rings. The van der Waals surface area contributed by atoms with Crippen molar-refractivity contribution in [2.24, 2.45) is 7.05 Å². The van der Waals surface area contributed by atoms with Crippen LogP contribution in [-0.4, -0.2) is 16.1 Å². The summed E-state index contributed by atoms with van der Waals surface area (Å²) < 4.78 is 1.65. The molecule has 0 spiro atoms. The fourth-order valence-corrected chi connectivity index (χ4v) is 2.37. The maximum Gasteiger partial charge on any atom is 0.259 e. The average molecular weight is 263 g/mol. The molecule has 0 saturated carbocycles. The van der Waals surface area contributed by atoms with Gasteiger partial charge in [0.25, 0.3) is 5.56 Å². The number of anilines is 1. The van der Waals surface area contributed by atoms with Crippen molar-refractivity contribution in [1.82, 2.24) is 9.55 Å². The summed E-state index contributed by atoms with van der Waals surface area (Å²) in [5.74, 6) is 0. The molecule has 2 heterocycles. The van der Waals surface area contributed by atoms with E-state index in [2.05, 4.69) is 17.2 Å². The van der Waals surface area contributed by atoms with Crippen molar-refractivity contribution in [2.45, 2.75) is 20.3 Å². The van der Waals surface area contributed by atoms with E-state index < -0.39 is 0 Å². The second-order valence-electron chi connectivity index (χ2n) is 4.22. The molecule has 4 nitrogen and oxygen atoms in total. The second-order valence-corrected chi connectivity index (χ2v) is 5.08. The minimum Gasteiger partial charge on any atom is -0.362 e. The molecule has 1 N–H and O–H groups in total. The lowest BCUT2D eigenvalue weighted by Gasteiger charge is -2.04. The third-order valence-corrected chi connectivity index (χ3v) is 3.66. The van der Waals surface area contributed by atoms with E-state index in [-0.39, 0.29) is 5.56 Å². The smallest absolute Gasteiger partial charge is 0.259 e. The Morgan fingerprint density at radius 1 is 1.44 bits per heavy atom. The van der Waals surface area contributed by atoms with Crippen LogP contribution in [0.1, 0.15) is 19.0 Å². The molecule has 0 fully saturated rings. The van der Waals surface area contributed by atoms with Gasteiger partial charge in [-0.05, 0) is 25.5 Å². The lowest BCUT2D eigenvalue weighted by atomic mass is 10.2. The summed E-state index contributed by atoms with van der Waals surface area (Å²) in [4.78, 5) is 16.6. The first-order chi connectivity index (χ1) is 8.63. The van der Waals surface area contributed by atoms with Crippen LogP contribution in [0.5, 0.6) is 0 Å². The Morgan fingerprint density at radius 3 is 2.94 bits per heavy atom. The van der Waals surface area contributed by atoms with Gasteiger partial charge in [0.05, 0.1) is 11.3 Å². The van der Waals surface area contributed by atoms with E-state index >= 15 is 0 Å². The molecular formula is C13H17N3OS. The van der Waals surface area contributed by atoms with Crippen LogP contribution >= 0.6 is 11.3 Å². The maximum atomic E-state index is 12.1. The van der Waals surface area contributed by atoms with E-state index in [1.807, 2.05) is 24.4 Å². The molecule has 0 aromatic carbocycles. The number of pyridine rings is 1. The largest absolute Gasteiger partial charge is 0.362 e. The highest BCUT2D eigenvalue weighted by Gasteiger charge is 2.09. The fraction of sp³-hybridized carbons (Fsp3) is 0.385. The Hall–Kier alpha value is -1.62. The lowest BCUT2D eigenvalue weighted by Crippen LogP contribution is -2.20. The summed E-state index contributed by atoms with van der Waals surface area (Å²) in [5, 5.41) is 6.02. The van der Waals surface area contributed by atoms with E-state index in [0.717, 1.165) is 29.5 Å². The van der Waals surface area contributed by atoms with Crippen LogP contribution in [0.3, 0.4) is 0 Å². The highest BCUT2D eigenvalue weighted by Crippen LogP contribution is 2.22. The second kappa shape index (κ2) is 5.35. The highest BCUT2D eigenvalue weighted by molar-refractivity contribution is 7.14. The minimum absolute atomic E-state index is 0.00217. The Bertz CT molecular complexity index is 601. The number of thiazole rings is 1. The Balaban J connectivity index is 2.35. The summed E-state index contributed by atoms with van der Waals surface area (Å²) in [6.45, 7) is 4.93. The Labute approximate surface area is 110 Å². The lowest BCUT2D eigenvalue weighted by molar-refractivity contribution is 0.820. The van der Waals surface area contributed by atoms with Gasteiger partial charge in [0.1, 0.15) is 0 Å². The number of aryl methyl sites for hydroxylation is 1. The van der Waals surface area contributed by atoms with Crippen molar-refractivity contribution >= 4 is 16.5 Å². The van der Waals surface area contributed by atoms with Gasteiger partial charge in [0, 0.05) is 24.7 Å². The van der Waals surface area contributed by atoms with Gasteiger partial charge in [-0.2, -0.15) is 0 Å². The standard InChI is InChI=1S/C13H17N3OS/c1-4-7-14-13-15-11(8-18-13)10-6-5-9(2)16(3)12(10)17/h5-6,8H,4,7H2,1-3H3,(H,14,15). The topological polar surface area (TPSA) is 46.9 Å². The molecular weight excluding hydrogens is 246 g/mol. The first-order valence-electron chi connectivity index (χ1n) is 6.00. The summed E-state index contributed by atoms with van der Waals surface area (Å²) in [6.07, 6.45) is 1.06. The number of aromatic nitrogens is 2. The molecule has 96 valence electrons. The van der Waals surface area contributed by atoms with Crippen LogP contribution in [0.4, 0.5) is 5.13 Å². The molecule has 0 aliphatic heterocycles. The summed E-state index contributed by atoms with van der Waals surface area (Å²) in [7, 11) is 1.78. The van der Waals surface area contributed by atoms with E-state index in [0.29, 0.717) is 5.56 Å². The zero-order chi connectivity index (χ0) is 13.1. The molecule has 0 amide bonds. The molecule has 0 radical (unpaired) electrons. The fourth-order valence-electron chi connectivity index (χ4n) is 1.63. The molecule has 0 bridgehead atoms. The van der Waals surface area contributed by atoms with Gasteiger partial charge < -0.3 is 9.88 Å². The highest BCUT2D eigenvalue weighted by atomic mass is 32.1. The summed E-state index contributed by atoms with van der Waals surface area (Å²) in [6, 6.07) is 3.78. The predicted molar refractivity (Wildman–Crippen MR) is 76.3 cm³/mol. The van der Waals surface area contributed by atoms with Gasteiger partial charge >= 0.3 is 0 Å². The minimum atomic E-state index is 0.00217. The molecule has 0 atom stereocenters. The zero-order valence-electron chi connectivity index (χ0n) is 10.9. The van der Waals surface area contributed by atoms with Crippen LogP contribution in [0, 0.1) is 6.92 Å². The first-order valence-corrected chi connectivity index (χ1v) is 6.88. The third kappa shape index (κ3) is 2.46. The molecule has 2 aromatic heterocycles. The molecule has 0 aliphatic rings. The first kappa shape index (κ1) is 12.8. The number of rotatable bonds is 4. The third-order valence-electron chi connectivity index (χ3n) is 2.86. The summed E-state index contributed by atoms with van der Waals surface area (Å²) in [5.41, 5.74) is 2.36. The number of hydrogen-bond donors (Lipinski definition) is 1. The van der Waals surface area contributed by atoms with Crippen molar-refractivity contribution < 1.29 is 0 Å². The van der Waals surface area contributed by atoms with Gasteiger partial charge in [-0.1, -0.05) is 6.92 Å². The average Bonchev–Trinajstić information content (AvgIpc) is 2.82. The monoisotopic (exact) mass is 263 g/mol. The van der Waals surface area contributed by atoms with Gasteiger partial charge in [0.15, 0.2) is 5.13 Å². The van der Waals surface area contributed by atoms with E-state index in [9.17, 15) is 4.79 Å². The molecule has 18 heavy (non-hydrogen) atoms. The normalized spacial score (nSPS) is 10.6. The van der Waals surface area contributed by atoms with Crippen molar-refractivity contribution in [3.63, 3.8) is 0 Å². The van der Waals surface area contributed by atoms with Gasteiger partial charge in [-0.25, -0.2) is 4.98 Å². The van der Waals surface area contributed by atoms with Crippen molar-refractivity contribution in [3.8, 4) is 11.3 Å². The van der Waals surface area contributed by atoms with Crippen LogP contribution < -0.4 is 10.9 Å². The Kier molecular flexibility index (Phi) is 3.81. The number of hydrogen-bond acceptors (Lipinski definition) is 4. The van der Waals surface area contributed by atoms with Crippen molar-refractivity contribution in [1.29, 1.82) is 0 Å². The Morgan fingerprint density at radius 2 is 2.22 bits per heavy atom. The zero-order valence-corrected chi connectivity index (χ0v) is 11.7. The van der Waals surface area contributed by atoms with E-state index in [1.165, 1.54) is 11.3 Å². The summed E-state index contributed by atoms with van der Waals surface area (Å²) >= 11 is 1.53. The quantitative estimate of drug-likeness (QED) is 0.922. The SMILES string of the molecule is CCCNc1nc(-c2ccc(C)n(C)c2=O)cs1. The van der Waals surface area contributed by atoms with Crippen LogP contribution in [0.15, 0.2) is 22.3 Å². The van der Waals surface area contributed by atoms with Crippen molar-refractivity contribution in [2.75, 3.05) is 11.9 Å². The molecule has 0 unspecified atom stereocenters. The number of nitrogens with zero attached hydrogens (tertiary/aromatic N) is 2. The van der Waals surface area contributed by atoms with Gasteiger partial charge in [-0.15, -0.1) is 11.3 Å². The van der Waals surface area contributed by atoms with Gasteiger partial charge in [0.2, 0.25) is 0 Å². The van der Waals surface area contributed by atoms with E-state index in [4.69, 9.17) is 0 Å². The number of nitrogens with one attached hydrogen (secondary N) is 1. The van der Waals surface area contributed by atoms with E-state index in [1.54, 1.807) is 11.6 Å². The molecule has 0 aliphatic carbocycles. The molecule has 2 rings (SSSR count). The molecule has 0 saturated heterocycles. The maximum absolute atomic E-state index is 12.1. The van der Waals surface area contributed by atoms with Crippen LogP contribution in [0.25, 0.3) is 11.3 Å². The van der Waals surface area contributed by atoms with Crippen molar-refractivity contribution in [3.05, 3.63) is 33.6 Å². The van der Waals surface area contributed by atoms with Crippen LogP contribution in [0.2, 0.25) is 0 Å². The van der Waals surface area contributed by atoms with Gasteiger partial charge in [-0.3, -0.25) is 4.79 Å².